The molecule has 2 rings (SSSR count). The molecule has 2 aliphatic rings. The van der Waals surface area contributed by atoms with E-state index >= 15 is 0 Å². The first-order valence-electron chi connectivity index (χ1n) is 4.61. The van der Waals surface area contributed by atoms with E-state index in [0.29, 0.717) is 5.41 Å². The monoisotopic (exact) mass is 138 g/mol. The maximum Gasteiger partial charge on any atom is -0.0308 e. The second kappa shape index (κ2) is 1.78. The van der Waals surface area contributed by atoms with Crippen molar-refractivity contribution < 1.29 is 0 Å². The largest absolute Gasteiger partial charge is 0.0622 e. The highest BCUT2D eigenvalue weighted by Gasteiger charge is 2.52. The Bertz CT molecular complexity index is 140. The zero-order valence-corrected chi connectivity index (χ0v) is 7.35. The molecular formula is C10H18. The minimum absolute atomic E-state index is 0.695. The minimum Gasteiger partial charge on any atom is -0.0622 e. The van der Waals surface area contributed by atoms with Crippen LogP contribution in [0.4, 0.5) is 0 Å². The first-order chi connectivity index (χ1) is 4.61. The number of rotatable bonds is 0. The quantitative estimate of drug-likeness (QED) is 0.482. The first-order valence-corrected chi connectivity index (χ1v) is 4.61. The topological polar surface area (TPSA) is 0 Å². The van der Waals surface area contributed by atoms with Crippen LogP contribution in [0.25, 0.3) is 0 Å². The smallest absolute Gasteiger partial charge is 0.0308 e. The van der Waals surface area contributed by atoms with Crippen molar-refractivity contribution in [1.82, 2.24) is 0 Å². The van der Waals surface area contributed by atoms with E-state index in [9.17, 15) is 0 Å². The van der Waals surface area contributed by atoms with Gasteiger partial charge in [0.15, 0.2) is 0 Å². The molecule has 0 saturated heterocycles. The molecule has 0 amide bonds. The van der Waals surface area contributed by atoms with Crippen LogP contribution in [0.2, 0.25) is 0 Å². The summed E-state index contributed by atoms with van der Waals surface area (Å²) >= 11 is 0. The van der Waals surface area contributed by atoms with E-state index in [-0.39, 0.29) is 0 Å². The molecule has 0 radical (unpaired) electrons. The van der Waals surface area contributed by atoms with Gasteiger partial charge < -0.3 is 0 Å². The lowest BCUT2D eigenvalue weighted by Gasteiger charge is -2.50. The number of hydrogen-bond donors (Lipinski definition) is 0. The summed E-state index contributed by atoms with van der Waals surface area (Å²) in [5, 5.41) is 0. The Kier molecular flexibility index (Phi) is 1.19. The van der Waals surface area contributed by atoms with E-state index < -0.39 is 0 Å². The lowest BCUT2D eigenvalue weighted by molar-refractivity contribution is -0.00925. The van der Waals surface area contributed by atoms with Gasteiger partial charge in [0.25, 0.3) is 0 Å². The van der Waals surface area contributed by atoms with Crippen molar-refractivity contribution in [2.45, 2.75) is 40.0 Å². The Morgan fingerprint density at radius 3 is 2.30 bits per heavy atom. The summed E-state index contributed by atoms with van der Waals surface area (Å²) < 4.78 is 0. The first kappa shape index (κ1) is 6.69. The maximum absolute atomic E-state index is 2.44. The third kappa shape index (κ3) is 0.681. The second-order valence-electron chi connectivity index (χ2n) is 5.03. The molecule has 0 N–H and O–H groups in total. The van der Waals surface area contributed by atoms with E-state index in [2.05, 4.69) is 20.8 Å². The van der Waals surface area contributed by atoms with Crippen LogP contribution >= 0.6 is 0 Å². The summed E-state index contributed by atoms with van der Waals surface area (Å²) in [5.74, 6) is 3.21. The van der Waals surface area contributed by atoms with E-state index in [1.807, 2.05) is 0 Å². The fourth-order valence-corrected chi connectivity index (χ4v) is 3.59. The summed E-state index contributed by atoms with van der Waals surface area (Å²) in [5.41, 5.74) is 0.695. The Morgan fingerprint density at radius 2 is 1.90 bits per heavy atom. The molecule has 3 atom stereocenters. The predicted octanol–water partition coefficient (Wildman–Crippen LogP) is 3.08. The molecule has 10 heavy (non-hydrogen) atoms. The van der Waals surface area contributed by atoms with Crippen molar-refractivity contribution in [3.05, 3.63) is 0 Å². The minimum atomic E-state index is 0.695. The van der Waals surface area contributed by atoms with E-state index in [4.69, 9.17) is 0 Å². The van der Waals surface area contributed by atoms with Crippen molar-refractivity contribution in [2.75, 3.05) is 0 Å². The SMILES string of the molecule is CC1CCC2CC(C)(C)C12. The molecule has 0 aromatic carbocycles. The van der Waals surface area contributed by atoms with Crippen molar-refractivity contribution in [3.63, 3.8) is 0 Å². The molecule has 2 aliphatic carbocycles. The van der Waals surface area contributed by atoms with Crippen molar-refractivity contribution in [1.29, 1.82) is 0 Å². The van der Waals surface area contributed by atoms with Crippen LogP contribution < -0.4 is 0 Å². The predicted molar refractivity (Wildman–Crippen MR) is 43.8 cm³/mol. The molecule has 0 bridgehead atoms. The van der Waals surface area contributed by atoms with Crippen molar-refractivity contribution >= 4 is 0 Å². The fourth-order valence-electron chi connectivity index (χ4n) is 3.59. The molecule has 3 unspecified atom stereocenters. The Morgan fingerprint density at radius 1 is 1.20 bits per heavy atom. The highest BCUT2D eigenvalue weighted by molar-refractivity contribution is 5.01. The lowest BCUT2D eigenvalue weighted by Crippen LogP contribution is -2.42. The van der Waals surface area contributed by atoms with Gasteiger partial charge in [-0.25, -0.2) is 0 Å². The van der Waals surface area contributed by atoms with Gasteiger partial charge in [0.1, 0.15) is 0 Å². The van der Waals surface area contributed by atoms with Gasteiger partial charge in [-0.05, 0) is 36.0 Å². The Hall–Kier alpha value is 0. The third-order valence-electron chi connectivity index (χ3n) is 3.80. The number of hydrogen-bond acceptors (Lipinski definition) is 0. The normalized spacial score (nSPS) is 50.1. The second-order valence-corrected chi connectivity index (χ2v) is 5.03. The molecule has 0 aromatic heterocycles. The summed E-state index contributed by atoms with van der Waals surface area (Å²) in [6.45, 7) is 7.32. The van der Waals surface area contributed by atoms with Gasteiger partial charge in [-0.3, -0.25) is 0 Å². The average molecular weight is 138 g/mol. The molecule has 0 nitrogen and oxygen atoms in total. The van der Waals surface area contributed by atoms with Gasteiger partial charge in [-0.15, -0.1) is 0 Å². The molecule has 0 spiro atoms. The zero-order chi connectivity index (χ0) is 7.35. The lowest BCUT2D eigenvalue weighted by atomic mass is 9.55. The maximum atomic E-state index is 2.44. The highest BCUT2D eigenvalue weighted by Crippen LogP contribution is 2.60. The van der Waals surface area contributed by atoms with Gasteiger partial charge in [0, 0.05) is 0 Å². The van der Waals surface area contributed by atoms with E-state index in [1.165, 1.54) is 19.3 Å². The Balaban J connectivity index is 2.13. The molecule has 58 valence electrons. The third-order valence-corrected chi connectivity index (χ3v) is 3.80. The summed E-state index contributed by atoms with van der Waals surface area (Å²) in [6.07, 6.45) is 4.52. The van der Waals surface area contributed by atoms with Gasteiger partial charge in [-0.2, -0.15) is 0 Å². The molecule has 2 fully saturated rings. The van der Waals surface area contributed by atoms with Crippen LogP contribution in [0.15, 0.2) is 0 Å². The van der Waals surface area contributed by atoms with Crippen LogP contribution in [0.5, 0.6) is 0 Å². The zero-order valence-electron chi connectivity index (χ0n) is 7.35. The van der Waals surface area contributed by atoms with Crippen LogP contribution in [0.3, 0.4) is 0 Å². The van der Waals surface area contributed by atoms with Gasteiger partial charge >= 0.3 is 0 Å². The summed E-state index contributed by atoms with van der Waals surface area (Å²) in [6, 6.07) is 0. The van der Waals surface area contributed by atoms with Crippen molar-refractivity contribution in [3.8, 4) is 0 Å². The highest BCUT2D eigenvalue weighted by atomic mass is 14.6. The van der Waals surface area contributed by atoms with Crippen molar-refractivity contribution in [2.24, 2.45) is 23.2 Å². The van der Waals surface area contributed by atoms with Gasteiger partial charge in [0.05, 0.1) is 0 Å². The summed E-state index contributed by atoms with van der Waals surface area (Å²) in [4.78, 5) is 0. The van der Waals surface area contributed by atoms with Crippen LogP contribution in [-0.4, -0.2) is 0 Å². The fraction of sp³-hybridized carbons (Fsp3) is 1.00. The summed E-state index contributed by atoms with van der Waals surface area (Å²) in [7, 11) is 0. The average Bonchev–Trinajstić information content (AvgIpc) is 2.06. The van der Waals surface area contributed by atoms with E-state index in [0.717, 1.165) is 17.8 Å². The Labute approximate surface area is 64.0 Å². The van der Waals surface area contributed by atoms with Crippen LogP contribution in [0, 0.1) is 23.2 Å². The molecule has 2 saturated carbocycles. The molecule has 0 aromatic rings. The number of fused-ring (bicyclic) bond motifs is 1. The van der Waals surface area contributed by atoms with Gasteiger partial charge in [-0.1, -0.05) is 27.2 Å². The van der Waals surface area contributed by atoms with Crippen LogP contribution in [-0.2, 0) is 0 Å². The molecule has 0 aliphatic heterocycles. The van der Waals surface area contributed by atoms with E-state index in [1.54, 1.807) is 0 Å². The molecular weight excluding hydrogens is 120 g/mol. The molecule has 0 heterocycles. The van der Waals surface area contributed by atoms with Gasteiger partial charge in [0.2, 0.25) is 0 Å². The molecule has 0 heteroatoms. The standard InChI is InChI=1S/C10H18/c1-7-4-5-8-6-10(2,3)9(7)8/h7-9H,4-6H2,1-3H3. The van der Waals surface area contributed by atoms with Crippen LogP contribution in [0.1, 0.15) is 40.0 Å².